The molecule has 0 heterocycles. The molecular weight excluding hydrogens is 166 g/mol. The van der Waals surface area contributed by atoms with Crippen molar-refractivity contribution in [3.8, 4) is 0 Å². The third-order valence-electron chi connectivity index (χ3n) is 1.58. The van der Waals surface area contributed by atoms with Gasteiger partial charge in [0, 0.05) is 0 Å². The van der Waals surface area contributed by atoms with Crippen molar-refractivity contribution in [2.45, 2.75) is 58.6 Å². The maximum atomic E-state index is 11.3. The van der Waals surface area contributed by atoms with Crippen molar-refractivity contribution in [2.75, 3.05) is 0 Å². The molecule has 2 N–H and O–H groups in total. The van der Waals surface area contributed by atoms with Gasteiger partial charge in [-0.25, -0.2) is 0 Å². The van der Waals surface area contributed by atoms with Gasteiger partial charge in [-0.15, -0.1) is 0 Å². The molecule has 0 unspecified atom stereocenters. The minimum Gasteiger partial charge on any atom is -0.459 e. The van der Waals surface area contributed by atoms with Gasteiger partial charge in [0.25, 0.3) is 0 Å². The number of nitrogens with two attached hydrogens (primary N) is 1. The van der Waals surface area contributed by atoms with Gasteiger partial charge >= 0.3 is 5.97 Å². The zero-order valence-electron chi connectivity index (χ0n) is 9.09. The number of esters is 1. The lowest BCUT2D eigenvalue weighted by Gasteiger charge is -2.22. The van der Waals surface area contributed by atoms with Crippen LogP contribution in [0.2, 0.25) is 0 Å². The van der Waals surface area contributed by atoms with E-state index in [1.54, 1.807) is 0 Å². The average molecular weight is 187 g/mol. The van der Waals surface area contributed by atoms with Gasteiger partial charge in [-0.2, -0.15) is 0 Å². The number of hydrogen-bond acceptors (Lipinski definition) is 3. The van der Waals surface area contributed by atoms with Gasteiger partial charge < -0.3 is 10.5 Å². The quantitative estimate of drug-likeness (QED) is 0.683. The standard InChI is InChI=1S/C10H21NO2/c1-5-6-7-8(11)9(12)13-10(2,3)4/h8H,5-7,11H2,1-4H3/t8-/m1/s1. The second kappa shape index (κ2) is 5.22. The van der Waals surface area contributed by atoms with E-state index in [4.69, 9.17) is 10.5 Å². The van der Waals surface area contributed by atoms with Crippen molar-refractivity contribution >= 4 is 5.97 Å². The van der Waals surface area contributed by atoms with E-state index in [-0.39, 0.29) is 5.97 Å². The van der Waals surface area contributed by atoms with E-state index in [1.165, 1.54) is 0 Å². The lowest BCUT2D eigenvalue weighted by atomic mass is 10.1. The fraction of sp³-hybridized carbons (Fsp3) is 0.900. The Balaban J connectivity index is 3.83. The summed E-state index contributed by atoms with van der Waals surface area (Å²) >= 11 is 0. The summed E-state index contributed by atoms with van der Waals surface area (Å²) in [5, 5.41) is 0. The lowest BCUT2D eigenvalue weighted by molar-refractivity contribution is -0.156. The van der Waals surface area contributed by atoms with Crippen molar-refractivity contribution in [3.05, 3.63) is 0 Å². The van der Waals surface area contributed by atoms with Crippen molar-refractivity contribution in [1.82, 2.24) is 0 Å². The van der Waals surface area contributed by atoms with Crippen LogP contribution >= 0.6 is 0 Å². The van der Waals surface area contributed by atoms with Crippen LogP contribution in [0.3, 0.4) is 0 Å². The monoisotopic (exact) mass is 187 g/mol. The zero-order chi connectivity index (χ0) is 10.5. The molecule has 0 amide bonds. The van der Waals surface area contributed by atoms with Gasteiger partial charge in [0.2, 0.25) is 0 Å². The smallest absolute Gasteiger partial charge is 0.323 e. The van der Waals surface area contributed by atoms with E-state index in [2.05, 4.69) is 6.92 Å². The first-order chi connectivity index (χ1) is 5.87. The van der Waals surface area contributed by atoms with Crippen LogP contribution in [0.25, 0.3) is 0 Å². The van der Waals surface area contributed by atoms with E-state index >= 15 is 0 Å². The molecule has 0 bridgehead atoms. The molecule has 0 aromatic heterocycles. The Labute approximate surface area is 80.6 Å². The second-order valence-electron chi connectivity index (χ2n) is 4.28. The van der Waals surface area contributed by atoms with Crippen LogP contribution in [0.4, 0.5) is 0 Å². The van der Waals surface area contributed by atoms with Crippen molar-refractivity contribution in [2.24, 2.45) is 5.73 Å². The first-order valence-electron chi connectivity index (χ1n) is 4.85. The van der Waals surface area contributed by atoms with Gasteiger partial charge in [0.15, 0.2) is 0 Å². The molecule has 0 saturated heterocycles. The molecule has 13 heavy (non-hydrogen) atoms. The molecule has 0 fully saturated rings. The van der Waals surface area contributed by atoms with E-state index in [1.807, 2.05) is 20.8 Å². The molecule has 0 saturated carbocycles. The van der Waals surface area contributed by atoms with Gasteiger partial charge in [0.05, 0.1) is 0 Å². The highest BCUT2D eigenvalue weighted by Crippen LogP contribution is 2.09. The first-order valence-corrected chi connectivity index (χ1v) is 4.85. The van der Waals surface area contributed by atoms with Crippen LogP contribution in [0.5, 0.6) is 0 Å². The zero-order valence-corrected chi connectivity index (χ0v) is 9.09. The molecular formula is C10H21NO2. The predicted molar refractivity (Wildman–Crippen MR) is 53.3 cm³/mol. The molecule has 0 aliphatic carbocycles. The van der Waals surface area contributed by atoms with Gasteiger partial charge in [-0.3, -0.25) is 4.79 Å². The molecule has 0 aliphatic rings. The molecule has 0 aliphatic heterocycles. The second-order valence-corrected chi connectivity index (χ2v) is 4.28. The van der Waals surface area contributed by atoms with Crippen molar-refractivity contribution < 1.29 is 9.53 Å². The summed E-state index contributed by atoms with van der Waals surface area (Å²) in [7, 11) is 0. The summed E-state index contributed by atoms with van der Waals surface area (Å²) in [6.07, 6.45) is 2.74. The van der Waals surface area contributed by atoms with Crippen LogP contribution in [-0.4, -0.2) is 17.6 Å². The summed E-state index contributed by atoms with van der Waals surface area (Å²) < 4.78 is 5.13. The summed E-state index contributed by atoms with van der Waals surface area (Å²) in [6.45, 7) is 7.61. The Morgan fingerprint density at radius 2 is 2.00 bits per heavy atom. The number of unbranched alkanes of at least 4 members (excludes halogenated alkanes) is 1. The minimum atomic E-state index is -0.459. The minimum absolute atomic E-state index is 0.291. The molecule has 1 atom stereocenters. The van der Waals surface area contributed by atoms with Gasteiger partial charge in [-0.1, -0.05) is 19.8 Å². The molecule has 0 spiro atoms. The lowest BCUT2D eigenvalue weighted by Crippen LogP contribution is -2.37. The molecule has 0 radical (unpaired) electrons. The number of ether oxygens (including phenoxy) is 1. The third-order valence-corrected chi connectivity index (χ3v) is 1.58. The molecule has 3 nitrogen and oxygen atoms in total. The highest BCUT2D eigenvalue weighted by Gasteiger charge is 2.21. The maximum Gasteiger partial charge on any atom is 0.323 e. The fourth-order valence-electron chi connectivity index (χ4n) is 0.919. The van der Waals surface area contributed by atoms with E-state index in [0.717, 1.165) is 12.8 Å². The van der Waals surface area contributed by atoms with Gasteiger partial charge in [-0.05, 0) is 27.2 Å². The Hall–Kier alpha value is -0.570. The van der Waals surface area contributed by atoms with E-state index < -0.39 is 11.6 Å². The number of hydrogen-bond donors (Lipinski definition) is 1. The summed E-state index contributed by atoms with van der Waals surface area (Å²) in [5.74, 6) is -0.291. The van der Waals surface area contributed by atoms with Crippen LogP contribution < -0.4 is 5.73 Å². The Morgan fingerprint density at radius 3 is 2.38 bits per heavy atom. The van der Waals surface area contributed by atoms with Crippen LogP contribution in [0.15, 0.2) is 0 Å². The fourth-order valence-corrected chi connectivity index (χ4v) is 0.919. The van der Waals surface area contributed by atoms with Gasteiger partial charge in [0.1, 0.15) is 11.6 Å². The number of carbonyl (C=O) groups is 1. The number of carbonyl (C=O) groups excluding carboxylic acids is 1. The molecule has 0 aromatic carbocycles. The maximum absolute atomic E-state index is 11.3. The SMILES string of the molecule is CCCC[C@@H](N)C(=O)OC(C)(C)C. The molecule has 78 valence electrons. The normalized spacial score (nSPS) is 13.9. The summed E-state index contributed by atoms with van der Waals surface area (Å²) in [6, 6.07) is -0.459. The average Bonchev–Trinajstić information content (AvgIpc) is 1.96. The van der Waals surface area contributed by atoms with E-state index in [9.17, 15) is 4.79 Å². The van der Waals surface area contributed by atoms with E-state index in [0.29, 0.717) is 6.42 Å². The molecule has 3 heteroatoms. The topological polar surface area (TPSA) is 52.3 Å². The highest BCUT2D eigenvalue weighted by atomic mass is 16.6. The Morgan fingerprint density at radius 1 is 1.46 bits per heavy atom. The summed E-state index contributed by atoms with van der Waals surface area (Å²) in [5.41, 5.74) is 5.21. The largest absolute Gasteiger partial charge is 0.459 e. The summed E-state index contributed by atoms with van der Waals surface area (Å²) in [4.78, 5) is 11.3. The highest BCUT2D eigenvalue weighted by molar-refractivity contribution is 5.75. The molecule has 0 aromatic rings. The van der Waals surface area contributed by atoms with Crippen molar-refractivity contribution in [3.63, 3.8) is 0 Å². The Kier molecular flexibility index (Phi) is 4.99. The Bertz CT molecular complexity index is 161. The first kappa shape index (κ1) is 12.4. The number of rotatable bonds is 4. The predicted octanol–water partition coefficient (Wildman–Crippen LogP) is 1.85. The van der Waals surface area contributed by atoms with Crippen LogP contribution in [0, 0.1) is 0 Å². The third kappa shape index (κ3) is 6.58. The van der Waals surface area contributed by atoms with Crippen molar-refractivity contribution in [1.29, 1.82) is 0 Å². The van der Waals surface area contributed by atoms with Crippen LogP contribution in [0.1, 0.15) is 47.0 Å². The molecule has 0 rings (SSSR count). The van der Waals surface area contributed by atoms with Crippen LogP contribution in [-0.2, 0) is 9.53 Å².